The third-order valence-electron chi connectivity index (χ3n) is 2.64. The standard InChI is InChI=1S/C14H11ClN2OS/c15-11-6-16-7-12-14(11)19-13(17-12)9-18-8-10-4-2-1-3-5-10/h1-7H,8-9H2. The molecule has 3 aromatic rings. The molecule has 0 saturated heterocycles. The van der Waals surface area contributed by atoms with Crippen LogP contribution in [0.25, 0.3) is 10.2 Å². The molecule has 0 N–H and O–H groups in total. The van der Waals surface area contributed by atoms with Crippen LogP contribution in [0.2, 0.25) is 5.02 Å². The van der Waals surface area contributed by atoms with E-state index in [0.29, 0.717) is 18.2 Å². The molecule has 0 atom stereocenters. The van der Waals surface area contributed by atoms with Gasteiger partial charge in [-0.05, 0) is 5.56 Å². The summed E-state index contributed by atoms with van der Waals surface area (Å²) in [5.74, 6) is 0. The first-order chi connectivity index (χ1) is 9.33. The predicted octanol–water partition coefficient (Wildman–Crippen LogP) is 4.06. The number of aromatic nitrogens is 2. The molecular formula is C14H11ClN2OS. The number of nitrogens with zero attached hydrogens (tertiary/aromatic N) is 2. The number of halogens is 1. The molecule has 19 heavy (non-hydrogen) atoms. The molecule has 96 valence electrons. The number of pyridine rings is 1. The molecule has 0 aliphatic heterocycles. The predicted molar refractivity (Wildman–Crippen MR) is 77.4 cm³/mol. The smallest absolute Gasteiger partial charge is 0.120 e. The second kappa shape index (κ2) is 5.65. The van der Waals surface area contributed by atoms with E-state index < -0.39 is 0 Å². The lowest BCUT2D eigenvalue weighted by Crippen LogP contribution is -1.93. The maximum Gasteiger partial charge on any atom is 0.120 e. The van der Waals surface area contributed by atoms with E-state index in [1.54, 1.807) is 23.7 Å². The summed E-state index contributed by atoms with van der Waals surface area (Å²) in [6, 6.07) is 10.1. The Morgan fingerprint density at radius 1 is 1.11 bits per heavy atom. The lowest BCUT2D eigenvalue weighted by atomic mass is 10.2. The van der Waals surface area contributed by atoms with Gasteiger partial charge in [0.15, 0.2) is 0 Å². The molecule has 2 heterocycles. The number of fused-ring (bicyclic) bond motifs is 1. The average Bonchev–Trinajstić information content (AvgIpc) is 2.84. The zero-order valence-corrected chi connectivity index (χ0v) is 11.6. The highest BCUT2D eigenvalue weighted by Gasteiger charge is 2.07. The van der Waals surface area contributed by atoms with E-state index in [0.717, 1.165) is 20.8 Å². The van der Waals surface area contributed by atoms with Crippen molar-refractivity contribution in [2.45, 2.75) is 13.2 Å². The number of hydrogen-bond acceptors (Lipinski definition) is 4. The molecule has 0 unspecified atom stereocenters. The van der Waals surface area contributed by atoms with Gasteiger partial charge in [0, 0.05) is 6.20 Å². The number of rotatable bonds is 4. The van der Waals surface area contributed by atoms with E-state index in [2.05, 4.69) is 9.97 Å². The van der Waals surface area contributed by atoms with Gasteiger partial charge in [0.2, 0.25) is 0 Å². The lowest BCUT2D eigenvalue weighted by Gasteiger charge is -2.01. The minimum atomic E-state index is 0.491. The summed E-state index contributed by atoms with van der Waals surface area (Å²) in [6.07, 6.45) is 3.36. The van der Waals surface area contributed by atoms with Crippen molar-refractivity contribution in [3.05, 3.63) is 58.3 Å². The van der Waals surface area contributed by atoms with Crippen molar-refractivity contribution < 1.29 is 4.74 Å². The zero-order valence-electron chi connectivity index (χ0n) is 10.0. The molecule has 0 radical (unpaired) electrons. The van der Waals surface area contributed by atoms with Gasteiger partial charge < -0.3 is 4.74 Å². The summed E-state index contributed by atoms with van der Waals surface area (Å²) in [5, 5.41) is 1.56. The van der Waals surface area contributed by atoms with Crippen molar-refractivity contribution in [2.24, 2.45) is 0 Å². The highest BCUT2D eigenvalue weighted by Crippen LogP contribution is 2.28. The number of hydrogen-bond donors (Lipinski definition) is 0. The highest BCUT2D eigenvalue weighted by atomic mass is 35.5. The zero-order chi connectivity index (χ0) is 13.1. The molecule has 0 amide bonds. The Morgan fingerprint density at radius 3 is 2.74 bits per heavy atom. The van der Waals surface area contributed by atoms with E-state index in [9.17, 15) is 0 Å². The Kier molecular flexibility index (Phi) is 3.73. The normalized spacial score (nSPS) is 11.0. The molecule has 1 aromatic carbocycles. The maximum atomic E-state index is 6.07. The van der Waals surface area contributed by atoms with Gasteiger partial charge in [-0.1, -0.05) is 41.9 Å². The van der Waals surface area contributed by atoms with E-state index in [1.165, 1.54) is 0 Å². The first-order valence-electron chi connectivity index (χ1n) is 5.83. The van der Waals surface area contributed by atoms with Crippen LogP contribution in [-0.2, 0) is 18.0 Å². The molecule has 2 aromatic heterocycles. The first kappa shape index (κ1) is 12.5. The highest BCUT2D eigenvalue weighted by molar-refractivity contribution is 7.19. The molecular weight excluding hydrogens is 280 g/mol. The quantitative estimate of drug-likeness (QED) is 0.727. The van der Waals surface area contributed by atoms with Crippen molar-refractivity contribution in [3.8, 4) is 0 Å². The monoisotopic (exact) mass is 290 g/mol. The Labute approximate surface area is 119 Å². The summed E-state index contributed by atoms with van der Waals surface area (Å²) in [7, 11) is 0. The summed E-state index contributed by atoms with van der Waals surface area (Å²) in [4.78, 5) is 8.48. The largest absolute Gasteiger partial charge is 0.370 e. The van der Waals surface area contributed by atoms with Crippen LogP contribution in [-0.4, -0.2) is 9.97 Å². The fraction of sp³-hybridized carbons (Fsp3) is 0.143. The molecule has 3 nitrogen and oxygen atoms in total. The van der Waals surface area contributed by atoms with Crippen molar-refractivity contribution in [1.82, 2.24) is 9.97 Å². The minimum Gasteiger partial charge on any atom is -0.370 e. The summed E-state index contributed by atoms with van der Waals surface area (Å²) >= 11 is 7.62. The Bertz CT molecular complexity index is 684. The minimum absolute atomic E-state index is 0.491. The van der Waals surface area contributed by atoms with E-state index in [-0.39, 0.29) is 0 Å². The SMILES string of the molecule is Clc1cncc2nc(COCc3ccccc3)sc12. The van der Waals surface area contributed by atoms with Gasteiger partial charge in [0.25, 0.3) is 0 Å². The van der Waals surface area contributed by atoms with Crippen molar-refractivity contribution in [3.63, 3.8) is 0 Å². The Balaban J connectivity index is 1.67. The van der Waals surface area contributed by atoms with Crippen LogP contribution in [0.15, 0.2) is 42.7 Å². The topological polar surface area (TPSA) is 35.0 Å². The molecule has 0 aliphatic rings. The maximum absolute atomic E-state index is 6.07. The summed E-state index contributed by atoms with van der Waals surface area (Å²) < 4.78 is 6.63. The second-order valence-electron chi connectivity index (χ2n) is 4.06. The molecule has 0 aliphatic carbocycles. The molecule has 5 heteroatoms. The van der Waals surface area contributed by atoms with Gasteiger partial charge in [0.1, 0.15) is 10.5 Å². The lowest BCUT2D eigenvalue weighted by molar-refractivity contribution is 0.107. The van der Waals surface area contributed by atoms with Crippen LogP contribution in [0.5, 0.6) is 0 Å². The molecule has 3 rings (SSSR count). The third kappa shape index (κ3) is 2.92. The number of thiazole rings is 1. The van der Waals surface area contributed by atoms with Crippen molar-refractivity contribution >= 4 is 33.2 Å². The van der Waals surface area contributed by atoms with Crippen LogP contribution in [0, 0.1) is 0 Å². The van der Waals surface area contributed by atoms with Gasteiger partial charge >= 0.3 is 0 Å². The van der Waals surface area contributed by atoms with Crippen molar-refractivity contribution in [1.29, 1.82) is 0 Å². The van der Waals surface area contributed by atoms with Crippen molar-refractivity contribution in [2.75, 3.05) is 0 Å². The van der Waals surface area contributed by atoms with E-state index >= 15 is 0 Å². The summed E-state index contributed by atoms with van der Waals surface area (Å²) in [6.45, 7) is 1.08. The fourth-order valence-electron chi connectivity index (χ4n) is 1.76. The van der Waals surface area contributed by atoms with E-state index in [1.807, 2.05) is 30.3 Å². The van der Waals surface area contributed by atoms with Crippen LogP contribution >= 0.6 is 22.9 Å². The molecule has 0 spiro atoms. The van der Waals surface area contributed by atoms with Crippen LogP contribution < -0.4 is 0 Å². The number of benzene rings is 1. The molecule has 0 bridgehead atoms. The summed E-state index contributed by atoms with van der Waals surface area (Å²) in [5.41, 5.74) is 1.99. The third-order valence-corrected chi connectivity index (χ3v) is 4.11. The second-order valence-corrected chi connectivity index (χ2v) is 5.55. The molecule has 0 fully saturated rings. The van der Waals surface area contributed by atoms with Gasteiger partial charge in [-0.2, -0.15) is 0 Å². The average molecular weight is 291 g/mol. The van der Waals surface area contributed by atoms with Crippen LogP contribution in [0.3, 0.4) is 0 Å². The van der Waals surface area contributed by atoms with Crippen LogP contribution in [0.1, 0.15) is 10.6 Å². The van der Waals surface area contributed by atoms with E-state index in [4.69, 9.17) is 16.3 Å². The van der Waals surface area contributed by atoms with Gasteiger partial charge in [-0.3, -0.25) is 4.98 Å². The number of ether oxygens (including phenoxy) is 1. The Morgan fingerprint density at radius 2 is 1.95 bits per heavy atom. The van der Waals surface area contributed by atoms with Gasteiger partial charge in [0.05, 0.1) is 29.1 Å². The van der Waals surface area contributed by atoms with Gasteiger partial charge in [-0.25, -0.2) is 4.98 Å². The molecule has 0 saturated carbocycles. The fourth-order valence-corrected chi connectivity index (χ4v) is 2.90. The first-order valence-corrected chi connectivity index (χ1v) is 7.03. The van der Waals surface area contributed by atoms with Gasteiger partial charge in [-0.15, -0.1) is 11.3 Å². The Hall–Kier alpha value is -1.49. The van der Waals surface area contributed by atoms with Crippen LogP contribution in [0.4, 0.5) is 0 Å².